The Hall–Kier alpha value is -0.790. The molecular weight excluding hydrogens is 296 g/mol. The van der Waals surface area contributed by atoms with Crippen LogP contribution in [-0.2, 0) is 5.41 Å². The maximum atomic E-state index is 6.12. The van der Waals surface area contributed by atoms with Gasteiger partial charge in [-0.05, 0) is 34.9 Å². The van der Waals surface area contributed by atoms with Crippen molar-refractivity contribution in [2.24, 2.45) is 0 Å². The molecule has 0 aliphatic heterocycles. The first kappa shape index (κ1) is 11.3. The summed E-state index contributed by atoms with van der Waals surface area (Å²) < 4.78 is 1.16. The van der Waals surface area contributed by atoms with Gasteiger partial charge in [-0.1, -0.05) is 59.6 Å². The van der Waals surface area contributed by atoms with Crippen molar-refractivity contribution in [2.75, 3.05) is 0 Å². The molecule has 0 amide bonds. The van der Waals surface area contributed by atoms with Gasteiger partial charge in [0.05, 0.1) is 0 Å². The predicted molar refractivity (Wildman–Crippen MR) is 76.7 cm³/mol. The van der Waals surface area contributed by atoms with Gasteiger partial charge in [0, 0.05) is 20.5 Å². The minimum atomic E-state index is 0.0271. The van der Waals surface area contributed by atoms with Crippen molar-refractivity contribution in [3.05, 3.63) is 57.0 Å². The minimum absolute atomic E-state index is 0.0271. The molecular formula is C15H12BrCl. The van der Waals surface area contributed by atoms with E-state index < -0.39 is 0 Å². The monoisotopic (exact) mass is 306 g/mol. The molecule has 0 N–H and O–H groups in total. The summed E-state index contributed by atoms with van der Waals surface area (Å²) in [5, 5.41) is 0.806. The Bertz CT molecular complexity index is 614. The fourth-order valence-electron chi connectivity index (χ4n) is 2.72. The van der Waals surface area contributed by atoms with E-state index >= 15 is 0 Å². The molecule has 2 aromatic carbocycles. The molecule has 0 bridgehead atoms. The zero-order chi connectivity index (χ0) is 12.2. The Labute approximate surface area is 115 Å². The fraction of sp³-hybridized carbons (Fsp3) is 0.200. The van der Waals surface area contributed by atoms with E-state index in [0.29, 0.717) is 0 Å². The zero-order valence-corrected chi connectivity index (χ0v) is 12.1. The molecule has 2 aromatic rings. The Morgan fingerprint density at radius 3 is 2.59 bits per heavy atom. The van der Waals surface area contributed by atoms with Gasteiger partial charge in [-0.15, -0.1) is 0 Å². The number of benzene rings is 2. The van der Waals surface area contributed by atoms with Crippen LogP contribution in [0.25, 0.3) is 11.1 Å². The van der Waals surface area contributed by atoms with Crippen LogP contribution in [0.3, 0.4) is 0 Å². The molecule has 0 aromatic heterocycles. The third kappa shape index (κ3) is 1.49. The summed E-state index contributed by atoms with van der Waals surface area (Å²) in [6.07, 6.45) is 0. The summed E-state index contributed by atoms with van der Waals surface area (Å²) in [7, 11) is 0. The van der Waals surface area contributed by atoms with E-state index in [0.717, 1.165) is 9.50 Å². The first-order valence-electron chi connectivity index (χ1n) is 5.61. The largest absolute Gasteiger partial charge is 0.0843 e. The molecule has 2 heteroatoms. The van der Waals surface area contributed by atoms with Crippen molar-refractivity contribution < 1.29 is 0 Å². The van der Waals surface area contributed by atoms with Crippen molar-refractivity contribution in [2.45, 2.75) is 19.3 Å². The molecule has 17 heavy (non-hydrogen) atoms. The van der Waals surface area contributed by atoms with Crippen molar-refractivity contribution in [1.82, 2.24) is 0 Å². The fourth-order valence-corrected chi connectivity index (χ4v) is 3.47. The molecule has 0 unspecified atom stereocenters. The molecule has 3 rings (SSSR count). The van der Waals surface area contributed by atoms with Crippen molar-refractivity contribution >= 4 is 27.5 Å². The smallest absolute Gasteiger partial charge is 0.0409 e. The molecule has 1 aliphatic carbocycles. The van der Waals surface area contributed by atoms with Gasteiger partial charge in [-0.2, -0.15) is 0 Å². The lowest BCUT2D eigenvalue weighted by Gasteiger charge is -2.21. The standard InChI is InChI=1S/C15H12BrCl/c1-15(2)11-4-3-5-13(16)14(11)10-7-6-9(17)8-12(10)15/h3-8H,1-2H3. The lowest BCUT2D eigenvalue weighted by Crippen LogP contribution is -2.14. The summed E-state index contributed by atoms with van der Waals surface area (Å²) in [5.74, 6) is 0. The van der Waals surface area contributed by atoms with Gasteiger partial charge in [0.1, 0.15) is 0 Å². The molecule has 0 nitrogen and oxygen atoms in total. The Kier molecular flexibility index (Phi) is 2.39. The van der Waals surface area contributed by atoms with Crippen molar-refractivity contribution in [3.8, 4) is 11.1 Å². The second-order valence-corrected chi connectivity index (χ2v) is 6.27. The van der Waals surface area contributed by atoms with E-state index in [1.54, 1.807) is 0 Å². The molecule has 0 atom stereocenters. The lowest BCUT2D eigenvalue weighted by atomic mass is 9.82. The van der Waals surface area contributed by atoms with Crippen molar-refractivity contribution in [3.63, 3.8) is 0 Å². The highest BCUT2D eigenvalue weighted by Gasteiger charge is 2.36. The van der Waals surface area contributed by atoms with Crippen LogP contribution in [0.15, 0.2) is 40.9 Å². The summed E-state index contributed by atoms with van der Waals surface area (Å²) in [6, 6.07) is 12.6. The van der Waals surface area contributed by atoms with Gasteiger partial charge in [0.25, 0.3) is 0 Å². The maximum absolute atomic E-state index is 6.12. The zero-order valence-electron chi connectivity index (χ0n) is 9.72. The molecule has 0 saturated carbocycles. The van der Waals surface area contributed by atoms with Crippen LogP contribution >= 0.6 is 27.5 Å². The predicted octanol–water partition coefficient (Wildman–Crippen LogP) is 5.41. The van der Waals surface area contributed by atoms with E-state index in [1.165, 1.54) is 22.3 Å². The summed E-state index contributed by atoms with van der Waals surface area (Å²) in [5.41, 5.74) is 5.31. The molecule has 1 aliphatic rings. The third-order valence-corrected chi connectivity index (χ3v) is 4.51. The Balaban J connectivity index is 2.43. The topological polar surface area (TPSA) is 0 Å². The molecule has 0 spiro atoms. The highest BCUT2D eigenvalue weighted by molar-refractivity contribution is 9.10. The van der Waals surface area contributed by atoms with Crippen LogP contribution in [0.4, 0.5) is 0 Å². The summed E-state index contributed by atoms with van der Waals surface area (Å²) in [6.45, 7) is 4.50. The van der Waals surface area contributed by atoms with E-state index in [4.69, 9.17) is 11.6 Å². The average molecular weight is 308 g/mol. The second kappa shape index (κ2) is 3.60. The Morgan fingerprint density at radius 2 is 1.82 bits per heavy atom. The van der Waals surface area contributed by atoms with Gasteiger partial charge < -0.3 is 0 Å². The van der Waals surface area contributed by atoms with Crippen LogP contribution in [0, 0.1) is 0 Å². The normalized spacial score (nSPS) is 15.5. The van der Waals surface area contributed by atoms with Crippen LogP contribution < -0.4 is 0 Å². The number of rotatable bonds is 0. The van der Waals surface area contributed by atoms with Gasteiger partial charge in [0.2, 0.25) is 0 Å². The quantitative estimate of drug-likeness (QED) is 0.610. The molecule has 0 heterocycles. The first-order valence-corrected chi connectivity index (χ1v) is 6.78. The van der Waals surface area contributed by atoms with Crippen LogP contribution in [0.5, 0.6) is 0 Å². The number of hydrogen-bond donors (Lipinski definition) is 0. The van der Waals surface area contributed by atoms with E-state index in [2.05, 4.69) is 60.1 Å². The van der Waals surface area contributed by atoms with Gasteiger partial charge in [-0.3, -0.25) is 0 Å². The molecule has 86 valence electrons. The number of fused-ring (bicyclic) bond motifs is 3. The lowest BCUT2D eigenvalue weighted by molar-refractivity contribution is 0.660. The van der Waals surface area contributed by atoms with Crippen LogP contribution in [0.1, 0.15) is 25.0 Å². The van der Waals surface area contributed by atoms with E-state index in [9.17, 15) is 0 Å². The maximum Gasteiger partial charge on any atom is 0.0409 e. The van der Waals surface area contributed by atoms with Gasteiger partial charge in [-0.25, -0.2) is 0 Å². The molecule has 0 saturated heterocycles. The summed E-state index contributed by atoms with van der Waals surface area (Å²) in [4.78, 5) is 0. The second-order valence-electron chi connectivity index (χ2n) is 4.98. The van der Waals surface area contributed by atoms with Crippen molar-refractivity contribution in [1.29, 1.82) is 0 Å². The molecule has 0 fully saturated rings. The SMILES string of the molecule is CC1(C)c2cc(Cl)ccc2-c2c(Br)cccc21. The van der Waals surface area contributed by atoms with Crippen LogP contribution in [-0.4, -0.2) is 0 Å². The van der Waals surface area contributed by atoms with Gasteiger partial charge in [0.15, 0.2) is 0 Å². The minimum Gasteiger partial charge on any atom is -0.0843 e. The van der Waals surface area contributed by atoms with E-state index in [-0.39, 0.29) is 5.41 Å². The number of hydrogen-bond acceptors (Lipinski definition) is 0. The van der Waals surface area contributed by atoms with Crippen LogP contribution in [0.2, 0.25) is 5.02 Å². The van der Waals surface area contributed by atoms with E-state index in [1.807, 2.05) is 6.07 Å². The molecule has 0 radical (unpaired) electrons. The highest BCUT2D eigenvalue weighted by Crippen LogP contribution is 2.51. The highest BCUT2D eigenvalue weighted by atomic mass is 79.9. The Morgan fingerprint density at radius 1 is 1.06 bits per heavy atom. The number of halogens is 2. The van der Waals surface area contributed by atoms with Gasteiger partial charge >= 0.3 is 0 Å². The average Bonchev–Trinajstić information content (AvgIpc) is 2.50. The third-order valence-electron chi connectivity index (χ3n) is 3.61. The summed E-state index contributed by atoms with van der Waals surface area (Å²) >= 11 is 9.78. The first-order chi connectivity index (χ1) is 8.01.